The first kappa shape index (κ1) is 14.8. The average molecular weight is 249 g/mol. The number of anilines is 2. The van der Waals surface area contributed by atoms with Gasteiger partial charge in [-0.25, -0.2) is 0 Å². The van der Waals surface area contributed by atoms with Gasteiger partial charge in [0, 0.05) is 13.6 Å². The molecule has 0 amide bonds. The molecule has 2 N–H and O–H groups in total. The topological polar surface area (TPSA) is 32.5 Å². The van der Waals surface area contributed by atoms with E-state index >= 15 is 0 Å². The Balaban J connectivity index is 2.65. The van der Waals surface area contributed by atoms with E-state index in [1.54, 1.807) is 0 Å². The van der Waals surface area contributed by atoms with Gasteiger partial charge in [0.25, 0.3) is 0 Å². The fourth-order valence-electron chi connectivity index (χ4n) is 2.02. The summed E-state index contributed by atoms with van der Waals surface area (Å²) in [6.45, 7) is 6.52. The number of rotatable bonds is 6. The molecule has 0 heterocycles. The minimum absolute atomic E-state index is 0.528. The number of benzene rings is 1. The van der Waals surface area contributed by atoms with E-state index in [1.807, 2.05) is 0 Å². The number of hydrogen-bond acceptors (Lipinski definition) is 3. The number of hydrogen-bond donors (Lipinski definition) is 1. The molecule has 0 fully saturated rings. The highest BCUT2D eigenvalue weighted by Crippen LogP contribution is 2.26. The zero-order valence-corrected chi connectivity index (χ0v) is 12.4. The molecule has 0 bridgehead atoms. The maximum atomic E-state index is 6.14. The van der Waals surface area contributed by atoms with E-state index in [0.717, 1.165) is 30.9 Å². The van der Waals surface area contributed by atoms with Crippen molar-refractivity contribution in [3.63, 3.8) is 0 Å². The molecule has 0 unspecified atom stereocenters. The fourth-order valence-corrected chi connectivity index (χ4v) is 2.02. The predicted molar refractivity (Wildman–Crippen MR) is 81.4 cm³/mol. The molecule has 0 aliphatic carbocycles. The van der Waals surface area contributed by atoms with E-state index in [1.165, 1.54) is 5.56 Å². The van der Waals surface area contributed by atoms with E-state index in [2.05, 4.69) is 63.0 Å². The summed E-state index contributed by atoms with van der Waals surface area (Å²) in [4.78, 5) is 4.45. The fraction of sp³-hybridized carbons (Fsp3) is 0.600. The molecule has 0 spiro atoms. The van der Waals surface area contributed by atoms with Gasteiger partial charge in [0.1, 0.15) is 0 Å². The Morgan fingerprint density at radius 3 is 2.28 bits per heavy atom. The lowest BCUT2D eigenvalue weighted by Gasteiger charge is -2.23. The molecule has 0 saturated heterocycles. The zero-order valence-electron chi connectivity index (χ0n) is 12.4. The van der Waals surface area contributed by atoms with E-state index in [9.17, 15) is 0 Å². The van der Waals surface area contributed by atoms with Crippen molar-refractivity contribution in [1.29, 1.82) is 0 Å². The minimum Gasteiger partial charge on any atom is -0.397 e. The molecule has 0 aromatic heterocycles. The van der Waals surface area contributed by atoms with Crippen LogP contribution in [0.15, 0.2) is 18.2 Å². The molecule has 18 heavy (non-hydrogen) atoms. The molecule has 0 aliphatic heterocycles. The second-order valence-electron chi connectivity index (χ2n) is 5.55. The summed E-state index contributed by atoms with van der Waals surface area (Å²) >= 11 is 0. The van der Waals surface area contributed by atoms with E-state index in [0.29, 0.717) is 5.92 Å². The first-order valence-corrected chi connectivity index (χ1v) is 6.67. The van der Waals surface area contributed by atoms with Gasteiger partial charge in [0.05, 0.1) is 11.4 Å². The second-order valence-corrected chi connectivity index (χ2v) is 5.55. The van der Waals surface area contributed by atoms with Crippen LogP contribution in [0, 0.1) is 0 Å². The Morgan fingerprint density at radius 2 is 1.78 bits per heavy atom. The Hall–Kier alpha value is -1.22. The van der Waals surface area contributed by atoms with E-state index < -0.39 is 0 Å². The van der Waals surface area contributed by atoms with Crippen LogP contribution in [0.1, 0.15) is 31.7 Å². The summed E-state index contributed by atoms with van der Waals surface area (Å²) in [7, 11) is 6.31. The van der Waals surface area contributed by atoms with Gasteiger partial charge in [-0.3, -0.25) is 0 Å². The van der Waals surface area contributed by atoms with Crippen LogP contribution in [-0.4, -0.2) is 39.1 Å². The van der Waals surface area contributed by atoms with E-state index in [4.69, 9.17) is 5.73 Å². The van der Waals surface area contributed by atoms with Crippen molar-refractivity contribution >= 4 is 11.4 Å². The van der Waals surface area contributed by atoms with Crippen LogP contribution in [0.2, 0.25) is 0 Å². The minimum atomic E-state index is 0.528. The van der Waals surface area contributed by atoms with Gasteiger partial charge in [-0.2, -0.15) is 0 Å². The maximum absolute atomic E-state index is 6.14. The normalized spacial score (nSPS) is 11.3. The van der Waals surface area contributed by atoms with Gasteiger partial charge in [-0.05, 0) is 50.7 Å². The van der Waals surface area contributed by atoms with Crippen molar-refractivity contribution in [2.24, 2.45) is 0 Å². The van der Waals surface area contributed by atoms with Gasteiger partial charge in [-0.15, -0.1) is 0 Å². The van der Waals surface area contributed by atoms with Crippen molar-refractivity contribution in [2.75, 3.05) is 44.9 Å². The Kier molecular flexibility index (Phi) is 5.48. The Labute approximate surface area is 112 Å². The van der Waals surface area contributed by atoms with Gasteiger partial charge >= 0.3 is 0 Å². The lowest BCUT2D eigenvalue weighted by atomic mass is 10.0. The highest BCUT2D eigenvalue weighted by Gasteiger charge is 2.07. The van der Waals surface area contributed by atoms with Crippen molar-refractivity contribution in [3.05, 3.63) is 23.8 Å². The Bertz CT molecular complexity index is 372. The first-order valence-electron chi connectivity index (χ1n) is 6.67. The summed E-state index contributed by atoms with van der Waals surface area (Å²) < 4.78 is 0. The Morgan fingerprint density at radius 1 is 1.11 bits per heavy atom. The summed E-state index contributed by atoms with van der Waals surface area (Å²) in [5, 5.41) is 0. The quantitative estimate of drug-likeness (QED) is 0.787. The molecular formula is C15H27N3. The number of nitrogens with two attached hydrogens (primary N) is 1. The van der Waals surface area contributed by atoms with Crippen molar-refractivity contribution in [1.82, 2.24) is 4.90 Å². The molecule has 1 rings (SSSR count). The third kappa shape index (κ3) is 4.22. The van der Waals surface area contributed by atoms with Crippen LogP contribution in [0.5, 0.6) is 0 Å². The largest absolute Gasteiger partial charge is 0.397 e. The predicted octanol–water partition coefficient (Wildman–Crippen LogP) is 2.78. The molecular weight excluding hydrogens is 222 g/mol. The summed E-state index contributed by atoms with van der Waals surface area (Å²) in [5.74, 6) is 0.528. The third-order valence-corrected chi connectivity index (χ3v) is 3.23. The molecule has 3 heteroatoms. The van der Waals surface area contributed by atoms with Crippen LogP contribution in [-0.2, 0) is 0 Å². The molecule has 102 valence electrons. The highest BCUT2D eigenvalue weighted by molar-refractivity contribution is 5.68. The van der Waals surface area contributed by atoms with E-state index in [-0.39, 0.29) is 0 Å². The van der Waals surface area contributed by atoms with Gasteiger partial charge in [0.2, 0.25) is 0 Å². The summed E-state index contributed by atoms with van der Waals surface area (Å²) in [6, 6.07) is 6.42. The monoisotopic (exact) mass is 249 g/mol. The van der Waals surface area contributed by atoms with Crippen molar-refractivity contribution < 1.29 is 0 Å². The van der Waals surface area contributed by atoms with Crippen LogP contribution in [0.3, 0.4) is 0 Å². The zero-order chi connectivity index (χ0) is 13.7. The third-order valence-electron chi connectivity index (χ3n) is 3.23. The molecule has 0 atom stereocenters. The standard InChI is InChI=1S/C15H27N3/c1-12(2)13-7-8-15(14(16)11-13)18(5)10-6-9-17(3)4/h7-8,11-12H,6,9-10,16H2,1-5H3. The first-order chi connectivity index (χ1) is 8.41. The van der Waals surface area contributed by atoms with Crippen LogP contribution in [0.4, 0.5) is 11.4 Å². The van der Waals surface area contributed by atoms with Crippen LogP contribution < -0.4 is 10.6 Å². The van der Waals surface area contributed by atoms with Crippen LogP contribution >= 0.6 is 0 Å². The lowest BCUT2D eigenvalue weighted by molar-refractivity contribution is 0.402. The molecule has 3 nitrogen and oxygen atoms in total. The SMILES string of the molecule is CC(C)c1ccc(N(C)CCCN(C)C)c(N)c1. The van der Waals surface area contributed by atoms with Gasteiger partial charge in [-0.1, -0.05) is 19.9 Å². The average Bonchev–Trinajstić information content (AvgIpc) is 2.27. The van der Waals surface area contributed by atoms with Gasteiger partial charge < -0.3 is 15.5 Å². The summed E-state index contributed by atoms with van der Waals surface area (Å²) in [6.07, 6.45) is 1.15. The molecule has 1 aromatic rings. The highest BCUT2D eigenvalue weighted by atomic mass is 15.1. The molecule has 0 radical (unpaired) electrons. The van der Waals surface area contributed by atoms with Crippen molar-refractivity contribution in [3.8, 4) is 0 Å². The maximum Gasteiger partial charge on any atom is 0.0597 e. The summed E-state index contributed by atoms with van der Waals surface area (Å²) in [5.41, 5.74) is 9.46. The van der Waals surface area contributed by atoms with Crippen molar-refractivity contribution in [2.45, 2.75) is 26.2 Å². The number of nitrogens with zero attached hydrogens (tertiary/aromatic N) is 2. The smallest absolute Gasteiger partial charge is 0.0597 e. The molecule has 1 aromatic carbocycles. The molecule has 0 aliphatic rings. The lowest BCUT2D eigenvalue weighted by Crippen LogP contribution is -2.24. The number of nitrogen functional groups attached to an aromatic ring is 1. The second kappa shape index (κ2) is 6.64. The van der Waals surface area contributed by atoms with Gasteiger partial charge in [0.15, 0.2) is 0 Å². The molecule has 0 saturated carbocycles. The van der Waals surface area contributed by atoms with Crippen LogP contribution in [0.25, 0.3) is 0 Å².